The van der Waals surface area contributed by atoms with Gasteiger partial charge in [-0.2, -0.15) is 0 Å². The Morgan fingerprint density at radius 2 is 1.60 bits per heavy atom. The standard InChI is InChI=1S/C7H18NO3PS2Si/c1-8(12(14,9-2)10-3)7(13)11-15(4,5)6/h1-6H3. The predicted octanol–water partition coefficient (Wildman–Crippen LogP) is 2.57. The van der Waals surface area contributed by atoms with Crippen molar-refractivity contribution in [3.8, 4) is 0 Å². The highest BCUT2D eigenvalue weighted by molar-refractivity contribution is 8.09. The number of hydrogen-bond donors (Lipinski definition) is 0. The van der Waals surface area contributed by atoms with Gasteiger partial charge in [-0.25, -0.2) is 0 Å². The molecule has 0 bridgehead atoms. The highest BCUT2D eigenvalue weighted by Crippen LogP contribution is 2.50. The van der Waals surface area contributed by atoms with E-state index in [9.17, 15) is 0 Å². The quantitative estimate of drug-likeness (QED) is 0.449. The molecule has 0 unspecified atom stereocenters. The van der Waals surface area contributed by atoms with E-state index in [2.05, 4.69) is 19.6 Å². The van der Waals surface area contributed by atoms with Gasteiger partial charge in [0.1, 0.15) is 0 Å². The molecule has 0 atom stereocenters. The minimum atomic E-state index is -2.49. The van der Waals surface area contributed by atoms with Crippen LogP contribution in [0.1, 0.15) is 0 Å². The fourth-order valence-corrected chi connectivity index (χ4v) is 3.81. The Morgan fingerprint density at radius 1 is 1.20 bits per heavy atom. The van der Waals surface area contributed by atoms with Gasteiger partial charge < -0.3 is 13.5 Å². The first kappa shape index (κ1) is 15.5. The second-order valence-electron chi connectivity index (χ2n) is 3.84. The van der Waals surface area contributed by atoms with E-state index in [4.69, 9.17) is 37.5 Å². The molecule has 15 heavy (non-hydrogen) atoms. The summed E-state index contributed by atoms with van der Waals surface area (Å²) in [4.78, 5) is 0. The summed E-state index contributed by atoms with van der Waals surface area (Å²) in [5.74, 6) is 0. The fraction of sp³-hybridized carbons (Fsp3) is 0.857. The van der Waals surface area contributed by atoms with Crippen LogP contribution in [0.2, 0.25) is 19.6 Å². The Hall–Kier alpha value is 0.477. The molecule has 0 aliphatic heterocycles. The number of rotatable bonds is 4. The van der Waals surface area contributed by atoms with Gasteiger partial charge in [0.2, 0.25) is 8.32 Å². The predicted molar refractivity (Wildman–Crippen MR) is 73.1 cm³/mol. The minimum Gasteiger partial charge on any atom is -0.525 e. The van der Waals surface area contributed by atoms with Crippen LogP contribution < -0.4 is 0 Å². The van der Waals surface area contributed by atoms with E-state index < -0.39 is 15.0 Å². The minimum absolute atomic E-state index is 0.348. The maximum Gasteiger partial charge on any atom is 0.292 e. The normalized spacial score (nSPS) is 12.4. The Labute approximate surface area is 103 Å². The summed E-state index contributed by atoms with van der Waals surface area (Å²) in [6, 6.07) is 0. The first-order valence-corrected chi connectivity index (χ1v) is 10.8. The van der Waals surface area contributed by atoms with Gasteiger partial charge in [-0.3, -0.25) is 4.67 Å². The van der Waals surface area contributed by atoms with Crippen molar-refractivity contribution in [1.29, 1.82) is 0 Å². The summed E-state index contributed by atoms with van der Waals surface area (Å²) in [6.07, 6.45) is 0. The molecular weight excluding hydrogens is 269 g/mol. The third-order valence-corrected chi connectivity index (χ3v) is 6.40. The van der Waals surface area contributed by atoms with Crippen molar-refractivity contribution in [2.24, 2.45) is 0 Å². The topological polar surface area (TPSA) is 30.9 Å². The van der Waals surface area contributed by atoms with Crippen LogP contribution in [-0.4, -0.2) is 39.4 Å². The summed E-state index contributed by atoms with van der Waals surface area (Å²) in [7, 11) is 3.05. The zero-order valence-electron chi connectivity index (χ0n) is 9.94. The van der Waals surface area contributed by atoms with E-state index in [1.54, 1.807) is 11.7 Å². The zero-order valence-corrected chi connectivity index (χ0v) is 13.5. The van der Waals surface area contributed by atoms with Gasteiger partial charge in [0.05, 0.1) is 0 Å². The van der Waals surface area contributed by atoms with Gasteiger partial charge >= 0.3 is 0 Å². The lowest BCUT2D eigenvalue weighted by atomic mass is 11.2. The molecule has 0 saturated heterocycles. The second-order valence-corrected chi connectivity index (χ2v) is 12.3. The van der Waals surface area contributed by atoms with E-state index >= 15 is 0 Å². The van der Waals surface area contributed by atoms with E-state index in [0.29, 0.717) is 5.17 Å². The fourth-order valence-electron chi connectivity index (χ4n) is 0.747. The number of hydrogen-bond acceptors (Lipinski definition) is 5. The molecular formula is C7H18NO3PS2Si. The molecule has 4 nitrogen and oxygen atoms in total. The molecule has 0 heterocycles. The highest BCUT2D eigenvalue weighted by atomic mass is 32.5. The molecule has 0 amide bonds. The van der Waals surface area contributed by atoms with Crippen molar-refractivity contribution in [3.05, 3.63) is 0 Å². The molecule has 90 valence electrons. The lowest BCUT2D eigenvalue weighted by Gasteiger charge is -2.32. The van der Waals surface area contributed by atoms with Gasteiger partial charge in [0, 0.05) is 21.3 Å². The summed E-state index contributed by atoms with van der Waals surface area (Å²) in [5.41, 5.74) is 0. The van der Waals surface area contributed by atoms with Crippen LogP contribution in [-0.2, 0) is 25.3 Å². The molecule has 8 heteroatoms. The molecule has 0 aliphatic carbocycles. The van der Waals surface area contributed by atoms with Gasteiger partial charge in [-0.05, 0) is 43.7 Å². The largest absolute Gasteiger partial charge is 0.525 e. The molecule has 0 aromatic heterocycles. The molecule has 0 radical (unpaired) electrons. The van der Waals surface area contributed by atoms with Crippen molar-refractivity contribution in [3.63, 3.8) is 0 Å². The zero-order chi connectivity index (χ0) is 12.3. The maximum absolute atomic E-state index is 5.65. The molecule has 0 aromatic carbocycles. The SMILES string of the molecule is COP(=S)(OC)N(C)C(=S)O[Si](C)(C)C. The summed E-state index contributed by atoms with van der Waals surface area (Å²) < 4.78 is 17.6. The van der Waals surface area contributed by atoms with Gasteiger partial charge in [-0.1, -0.05) is 0 Å². The molecule has 0 N–H and O–H groups in total. The average Bonchev–Trinajstić information content (AvgIpc) is 2.12. The monoisotopic (exact) mass is 287 g/mol. The third-order valence-electron chi connectivity index (χ3n) is 1.49. The van der Waals surface area contributed by atoms with Crippen LogP contribution in [0.15, 0.2) is 0 Å². The van der Waals surface area contributed by atoms with Gasteiger partial charge in [-0.15, -0.1) is 0 Å². The number of thiocarbonyl (C=S) groups is 1. The smallest absolute Gasteiger partial charge is 0.292 e. The summed E-state index contributed by atoms with van der Waals surface area (Å²) >= 11 is 10.4. The third kappa shape index (κ3) is 4.89. The van der Waals surface area contributed by atoms with Crippen LogP contribution in [0.3, 0.4) is 0 Å². The van der Waals surface area contributed by atoms with Crippen molar-refractivity contribution in [2.45, 2.75) is 19.6 Å². The van der Waals surface area contributed by atoms with Crippen LogP contribution in [0.4, 0.5) is 0 Å². The lowest BCUT2D eigenvalue weighted by Crippen LogP contribution is -2.35. The molecule has 0 rings (SSSR count). The Morgan fingerprint density at radius 3 is 1.87 bits per heavy atom. The summed E-state index contributed by atoms with van der Waals surface area (Å²) in [6.45, 7) is 3.66. The lowest BCUT2D eigenvalue weighted by molar-refractivity contribution is 0.299. The first-order chi connectivity index (χ1) is 6.66. The van der Waals surface area contributed by atoms with E-state index in [1.165, 1.54) is 14.2 Å². The second kappa shape index (κ2) is 5.70. The Kier molecular flexibility index (Phi) is 5.88. The van der Waals surface area contributed by atoms with Crippen LogP contribution in [0.25, 0.3) is 0 Å². The van der Waals surface area contributed by atoms with Crippen molar-refractivity contribution in [1.82, 2.24) is 4.67 Å². The molecule has 0 aliphatic rings. The molecule has 0 fully saturated rings. The van der Waals surface area contributed by atoms with Crippen molar-refractivity contribution < 1.29 is 13.5 Å². The van der Waals surface area contributed by atoms with E-state index in [-0.39, 0.29) is 0 Å². The van der Waals surface area contributed by atoms with Crippen LogP contribution in [0, 0.1) is 0 Å². The van der Waals surface area contributed by atoms with Crippen LogP contribution in [0.5, 0.6) is 0 Å². The summed E-state index contributed by atoms with van der Waals surface area (Å²) in [5, 5.41) is 0.348. The highest BCUT2D eigenvalue weighted by Gasteiger charge is 2.28. The number of nitrogens with zero attached hydrogens (tertiary/aromatic N) is 1. The molecule has 0 saturated carbocycles. The van der Waals surface area contributed by atoms with Crippen LogP contribution >= 0.6 is 18.9 Å². The maximum atomic E-state index is 5.65. The molecule has 0 spiro atoms. The van der Waals surface area contributed by atoms with E-state index in [1.807, 2.05) is 0 Å². The first-order valence-electron chi connectivity index (χ1n) is 4.35. The Balaban J connectivity index is 4.65. The Bertz CT molecular complexity index is 274. The molecule has 0 aromatic rings. The van der Waals surface area contributed by atoms with Crippen molar-refractivity contribution >= 4 is 44.2 Å². The van der Waals surface area contributed by atoms with Gasteiger partial charge in [0.25, 0.3) is 11.8 Å². The van der Waals surface area contributed by atoms with Crippen molar-refractivity contribution in [2.75, 3.05) is 21.3 Å². The average molecular weight is 287 g/mol. The van der Waals surface area contributed by atoms with E-state index in [0.717, 1.165) is 0 Å². The van der Waals surface area contributed by atoms with Gasteiger partial charge in [0.15, 0.2) is 0 Å².